The molecule has 2 N–H and O–H groups in total. The van der Waals surface area contributed by atoms with Crippen molar-refractivity contribution in [1.29, 1.82) is 0 Å². The molecule has 0 fully saturated rings. The monoisotopic (exact) mass is 301 g/mol. The van der Waals surface area contributed by atoms with Crippen LogP contribution in [0.4, 0.5) is 0 Å². The van der Waals surface area contributed by atoms with Gasteiger partial charge in [0.05, 0.1) is 15.6 Å². The molecule has 0 bridgehead atoms. The van der Waals surface area contributed by atoms with Crippen molar-refractivity contribution >= 4 is 45.2 Å². The maximum absolute atomic E-state index is 11.1. The van der Waals surface area contributed by atoms with Gasteiger partial charge in [0.25, 0.3) is 4.84 Å². The Morgan fingerprint density at radius 3 is 2.94 bits per heavy atom. The molecule has 0 unspecified atom stereocenters. The molecule has 0 amide bonds. The minimum absolute atomic E-state index is 0.243. The van der Waals surface area contributed by atoms with Crippen molar-refractivity contribution in [1.82, 2.24) is 4.98 Å². The van der Waals surface area contributed by atoms with E-state index in [2.05, 4.69) is 20.9 Å². The zero-order valence-electron chi connectivity index (χ0n) is 8.33. The fourth-order valence-electron chi connectivity index (χ4n) is 1.68. The van der Waals surface area contributed by atoms with Gasteiger partial charge in [-0.1, -0.05) is 6.92 Å². The first-order chi connectivity index (χ1) is 7.54. The first kappa shape index (κ1) is 11.3. The number of aromatic amines is 1. The van der Waals surface area contributed by atoms with Crippen LogP contribution in [0.15, 0.2) is 15.0 Å². The first-order valence-corrected chi connectivity index (χ1v) is 5.82. The van der Waals surface area contributed by atoms with Crippen molar-refractivity contribution in [3.8, 4) is 0 Å². The van der Waals surface area contributed by atoms with Crippen molar-refractivity contribution in [3.63, 3.8) is 0 Å². The molecule has 4 nitrogen and oxygen atoms in total. The number of benzene rings is 1. The van der Waals surface area contributed by atoms with Crippen molar-refractivity contribution in [2.45, 2.75) is 13.3 Å². The number of halogens is 1. The molecule has 6 heteroatoms. The summed E-state index contributed by atoms with van der Waals surface area (Å²) < 4.78 is 5.88. The molecule has 0 spiro atoms. The van der Waals surface area contributed by atoms with Crippen LogP contribution in [-0.2, 0) is 6.42 Å². The average Bonchev–Trinajstić information content (AvgIpc) is 2.60. The van der Waals surface area contributed by atoms with E-state index in [1.807, 2.05) is 6.92 Å². The Morgan fingerprint density at radius 2 is 2.38 bits per heavy atom. The Hall–Kier alpha value is -1.14. The Labute approximate surface area is 104 Å². The number of hydrogen-bond acceptors (Lipinski definition) is 3. The molecule has 84 valence electrons. The number of aryl methyl sites for hydroxylation is 1. The molecular formula is C10H8BrNO3S. The lowest BCUT2D eigenvalue weighted by Gasteiger charge is -2.05. The minimum atomic E-state index is -0.958. The van der Waals surface area contributed by atoms with Crippen molar-refractivity contribution in [2.24, 2.45) is 0 Å². The second-order valence-corrected chi connectivity index (χ2v) is 4.49. The van der Waals surface area contributed by atoms with Gasteiger partial charge in [-0.25, -0.2) is 4.79 Å². The molecule has 2 aromatic rings. The Morgan fingerprint density at radius 1 is 1.69 bits per heavy atom. The molecule has 2 rings (SSSR count). The predicted molar refractivity (Wildman–Crippen MR) is 65.4 cm³/mol. The zero-order valence-corrected chi connectivity index (χ0v) is 10.7. The quantitative estimate of drug-likeness (QED) is 0.833. The molecule has 0 saturated heterocycles. The molecule has 0 aliphatic carbocycles. The van der Waals surface area contributed by atoms with Gasteiger partial charge in [-0.05, 0) is 46.2 Å². The van der Waals surface area contributed by atoms with Gasteiger partial charge in [0.15, 0.2) is 5.58 Å². The van der Waals surface area contributed by atoms with Crippen LogP contribution >= 0.6 is 28.1 Å². The van der Waals surface area contributed by atoms with Crippen LogP contribution in [0.5, 0.6) is 0 Å². The number of oxazole rings is 1. The second kappa shape index (κ2) is 4.03. The lowest BCUT2D eigenvalue weighted by atomic mass is 10.0. The van der Waals surface area contributed by atoms with E-state index in [1.54, 1.807) is 0 Å². The Bertz CT molecular complexity index is 629. The highest BCUT2D eigenvalue weighted by Crippen LogP contribution is 2.30. The summed E-state index contributed by atoms with van der Waals surface area (Å²) in [5, 5.41) is 9.10. The first-order valence-electron chi connectivity index (χ1n) is 4.62. The van der Waals surface area contributed by atoms with E-state index in [4.69, 9.17) is 21.7 Å². The van der Waals surface area contributed by atoms with Crippen LogP contribution in [0.25, 0.3) is 11.1 Å². The summed E-state index contributed by atoms with van der Waals surface area (Å²) in [5.41, 5.74) is 2.17. The van der Waals surface area contributed by atoms with E-state index < -0.39 is 5.97 Å². The van der Waals surface area contributed by atoms with Crippen LogP contribution in [0.1, 0.15) is 22.8 Å². The number of carboxylic acid groups (broad SMARTS) is 1. The normalized spacial score (nSPS) is 10.9. The third-order valence-electron chi connectivity index (χ3n) is 2.35. The molecule has 1 heterocycles. The highest BCUT2D eigenvalue weighted by molar-refractivity contribution is 9.10. The molecule has 0 aliphatic heterocycles. The topological polar surface area (TPSA) is 66.2 Å². The zero-order chi connectivity index (χ0) is 11.9. The maximum Gasteiger partial charge on any atom is 0.336 e. The summed E-state index contributed by atoms with van der Waals surface area (Å²) >= 11 is 8.17. The van der Waals surface area contributed by atoms with Crippen molar-refractivity contribution < 1.29 is 14.3 Å². The van der Waals surface area contributed by atoms with Gasteiger partial charge >= 0.3 is 5.97 Å². The third kappa shape index (κ3) is 1.68. The summed E-state index contributed by atoms with van der Waals surface area (Å²) in [6, 6.07) is 1.54. The van der Waals surface area contributed by atoms with E-state index in [-0.39, 0.29) is 10.4 Å². The fraction of sp³-hybridized carbons (Fsp3) is 0.200. The average molecular weight is 302 g/mol. The summed E-state index contributed by atoms with van der Waals surface area (Å²) in [4.78, 5) is 14.2. The number of H-pyrrole nitrogens is 1. The number of hydrogen-bond donors (Lipinski definition) is 2. The van der Waals surface area contributed by atoms with Crippen LogP contribution < -0.4 is 0 Å². The van der Waals surface area contributed by atoms with Gasteiger partial charge in [-0.15, -0.1) is 0 Å². The van der Waals surface area contributed by atoms with E-state index in [0.717, 1.165) is 0 Å². The van der Waals surface area contributed by atoms with E-state index in [1.165, 1.54) is 6.07 Å². The number of nitrogens with one attached hydrogen (secondary N) is 1. The molecule has 1 aromatic heterocycles. The lowest BCUT2D eigenvalue weighted by Crippen LogP contribution is -2.02. The van der Waals surface area contributed by atoms with Crippen molar-refractivity contribution in [2.75, 3.05) is 0 Å². The van der Waals surface area contributed by atoms with Crippen LogP contribution in [0.2, 0.25) is 0 Å². The number of aromatic nitrogens is 1. The van der Waals surface area contributed by atoms with Crippen molar-refractivity contribution in [3.05, 3.63) is 26.5 Å². The largest absolute Gasteiger partial charge is 0.478 e. The molecule has 0 radical (unpaired) electrons. The summed E-state index contributed by atoms with van der Waals surface area (Å²) in [5.74, 6) is -0.958. The SMILES string of the molecule is CCc1c(C(=O)O)cc(Br)c2oc(=S)[nH]c12. The number of fused-ring (bicyclic) bond motifs is 1. The van der Waals surface area contributed by atoms with Gasteiger partial charge < -0.3 is 14.5 Å². The molecule has 1 aromatic carbocycles. The summed E-state index contributed by atoms with van der Waals surface area (Å²) in [7, 11) is 0. The molecule has 0 aliphatic rings. The Balaban J connectivity index is 2.94. The predicted octanol–water partition coefficient (Wildman–Crippen LogP) is 3.51. The summed E-state index contributed by atoms with van der Waals surface area (Å²) in [6.45, 7) is 1.89. The number of rotatable bonds is 2. The molecule has 16 heavy (non-hydrogen) atoms. The van der Waals surface area contributed by atoms with E-state index in [0.29, 0.717) is 27.6 Å². The van der Waals surface area contributed by atoms with Crippen LogP contribution in [-0.4, -0.2) is 16.1 Å². The van der Waals surface area contributed by atoms with Crippen LogP contribution in [0, 0.1) is 4.84 Å². The van der Waals surface area contributed by atoms with Gasteiger partial charge in [0, 0.05) is 0 Å². The number of carboxylic acids is 1. The summed E-state index contributed by atoms with van der Waals surface area (Å²) in [6.07, 6.45) is 0.593. The highest BCUT2D eigenvalue weighted by atomic mass is 79.9. The standard InChI is InChI=1S/C10H8BrNO3S/c1-2-4-5(9(13)14)3-6(11)8-7(4)12-10(16)15-8/h3H,2H2,1H3,(H,12,16)(H,13,14). The molecule has 0 atom stereocenters. The maximum atomic E-state index is 11.1. The Kier molecular flexibility index (Phi) is 2.86. The third-order valence-corrected chi connectivity index (χ3v) is 3.12. The lowest BCUT2D eigenvalue weighted by molar-refractivity contribution is 0.0696. The van der Waals surface area contributed by atoms with E-state index in [9.17, 15) is 4.79 Å². The minimum Gasteiger partial charge on any atom is -0.478 e. The van der Waals surface area contributed by atoms with E-state index >= 15 is 0 Å². The smallest absolute Gasteiger partial charge is 0.336 e. The molecule has 0 saturated carbocycles. The molecular weight excluding hydrogens is 294 g/mol. The van der Waals surface area contributed by atoms with Gasteiger partial charge in [0.1, 0.15) is 0 Å². The fourth-order valence-corrected chi connectivity index (χ4v) is 2.37. The number of aromatic carboxylic acids is 1. The van der Waals surface area contributed by atoms with Crippen LogP contribution in [0.3, 0.4) is 0 Å². The van der Waals surface area contributed by atoms with Gasteiger partial charge in [0.2, 0.25) is 0 Å². The highest BCUT2D eigenvalue weighted by Gasteiger charge is 2.17. The number of carbonyl (C=O) groups is 1. The van der Waals surface area contributed by atoms with Gasteiger partial charge in [-0.3, -0.25) is 0 Å². The van der Waals surface area contributed by atoms with Gasteiger partial charge in [-0.2, -0.15) is 0 Å². The second-order valence-electron chi connectivity index (χ2n) is 3.26.